The predicted octanol–water partition coefficient (Wildman–Crippen LogP) is 5.72. The van der Waals surface area contributed by atoms with E-state index in [1.54, 1.807) is 17.5 Å². The fourth-order valence-electron chi connectivity index (χ4n) is 4.20. The fourth-order valence-corrected chi connectivity index (χ4v) is 5.47. The van der Waals surface area contributed by atoms with Crippen LogP contribution in [-0.2, 0) is 16.5 Å². The standard InChI is InChI=1S/C25H33N2O3PS/c1-2-3-4-5-11-21-12-6-7-13-23(21)25(22-15-19-32-20-22,24-14-8-9-16-26-24)27-17-10-18-31(28,29)30/h6-9,12-16,19-20,27H,2-5,10-11,17-18H2,1H3,(H2,28,29,30). The number of aromatic nitrogens is 1. The molecule has 0 aliphatic heterocycles. The van der Waals surface area contributed by atoms with Gasteiger partial charge in [-0.15, -0.1) is 0 Å². The third-order valence-corrected chi connectivity index (χ3v) is 7.32. The Morgan fingerprint density at radius 3 is 2.53 bits per heavy atom. The predicted molar refractivity (Wildman–Crippen MR) is 132 cm³/mol. The summed E-state index contributed by atoms with van der Waals surface area (Å²) < 4.78 is 11.4. The van der Waals surface area contributed by atoms with Crippen molar-refractivity contribution in [2.75, 3.05) is 12.7 Å². The maximum Gasteiger partial charge on any atom is 0.325 e. The van der Waals surface area contributed by atoms with Gasteiger partial charge in [-0.3, -0.25) is 14.9 Å². The van der Waals surface area contributed by atoms with Crippen molar-refractivity contribution in [3.05, 3.63) is 87.9 Å². The van der Waals surface area contributed by atoms with Crippen LogP contribution in [-0.4, -0.2) is 27.5 Å². The van der Waals surface area contributed by atoms with Gasteiger partial charge in [-0.1, -0.05) is 56.5 Å². The molecule has 1 unspecified atom stereocenters. The average molecular weight is 473 g/mol. The van der Waals surface area contributed by atoms with Crippen LogP contribution in [0.15, 0.2) is 65.5 Å². The first-order chi connectivity index (χ1) is 15.5. The number of hydrogen-bond acceptors (Lipinski definition) is 4. The number of nitrogens with one attached hydrogen (secondary N) is 1. The number of unbranched alkanes of at least 4 members (excludes halogenated alkanes) is 3. The second-order valence-electron chi connectivity index (χ2n) is 8.11. The molecule has 1 aromatic carbocycles. The third kappa shape index (κ3) is 6.37. The van der Waals surface area contributed by atoms with E-state index in [0.29, 0.717) is 13.0 Å². The van der Waals surface area contributed by atoms with Gasteiger partial charge in [0.05, 0.1) is 11.9 Å². The van der Waals surface area contributed by atoms with Gasteiger partial charge < -0.3 is 9.79 Å². The quantitative estimate of drug-likeness (QED) is 0.219. The van der Waals surface area contributed by atoms with Crippen molar-refractivity contribution in [2.24, 2.45) is 0 Å². The van der Waals surface area contributed by atoms with Gasteiger partial charge in [0.2, 0.25) is 0 Å². The lowest BCUT2D eigenvalue weighted by atomic mass is 9.77. The smallest absolute Gasteiger partial charge is 0.324 e. The molecule has 0 bridgehead atoms. The molecule has 0 aliphatic rings. The minimum Gasteiger partial charge on any atom is -0.324 e. The fraction of sp³-hybridized carbons (Fsp3) is 0.400. The van der Waals surface area contributed by atoms with Crippen molar-refractivity contribution in [3.63, 3.8) is 0 Å². The molecule has 172 valence electrons. The zero-order valence-corrected chi connectivity index (χ0v) is 20.3. The lowest BCUT2D eigenvalue weighted by molar-refractivity contribution is 0.369. The zero-order chi connectivity index (χ0) is 22.9. The molecule has 2 heterocycles. The summed E-state index contributed by atoms with van der Waals surface area (Å²) in [6.45, 7) is 2.68. The van der Waals surface area contributed by atoms with Crippen LogP contribution in [0.2, 0.25) is 0 Å². The third-order valence-electron chi connectivity index (χ3n) is 5.74. The minimum atomic E-state index is -4.04. The Morgan fingerprint density at radius 2 is 1.84 bits per heavy atom. The maximum absolute atomic E-state index is 11.4. The highest BCUT2D eigenvalue weighted by Gasteiger charge is 2.39. The van der Waals surface area contributed by atoms with Gasteiger partial charge in [0.15, 0.2) is 0 Å². The van der Waals surface area contributed by atoms with Crippen molar-refractivity contribution in [1.29, 1.82) is 0 Å². The summed E-state index contributed by atoms with van der Waals surface area (Å²) >= 11 is 1.64. The normalized spacial score (nSPS) is 13.7. The van der Waals surface area contributed by atoms with Crippen LogP contribution in [0.25, 0.3) is 0 Å². The Bertz CT molecular complexity index is 991. The van der Waals surface area contributed by atoms with Crippen LogP contribution < -0.4 is 5.32 Å². The molecule has 5 nitrogen and oxygen atoms in total. The van der Waals surface area contributed by atoms with Gasteiger partial charge in [0.25, 0.3) is 0 Å². The van der Waals surface area contributed by atoms with Gasteiger partial charge in [-0.25, -0.2) is 0 Å². The van der Waals surface area contributed by atoms with Gasteiger partial charge in [-0.2, -0.15) is 11.3 Å². The largest absolute Gasteiger partial charge is 0.325 e. The SMILES string of the molecule is CCCCCCc1ccccc1C(NCCCP(=O)(O)O)(c1ccsc1)c1ccccn1. The summed E-state index contributed by atoms with van der Waals surface area (Å²) in [5.74, 6) is 0. The van der Waals surface area contributed by atoms with E-state index in [1.807, 2.05) is 18.2 Å². The second kappa shape index (κ2) is 11.9. The Labute approximate surface area is 195 Å². The number of hydrogen-bond donors (Lipinski definition) is 3. The molecular formula is C25H33N2O3PS. The molecule has 3 rings (SSSR count). The van der Waals surface area contributed by atoms with E-state index in [0.717, 1.165) is 29.7 Å². The molecule has 0 saturated carbocycles. The van der Waals surface area contributed by atoms with Crippen molar-refractivity contribution in [1.82, 2.24) is 10.3 Å². The van der Waals surface area contributed by atoms with E-state index in [1.165, 1.54) is 24.8 Å². The molecule has 1 atom stereocenters. The Morgan fingerprint density at radius 1 is 1.03 bits per heavy atom. The number of pyridine rings is 1. The van der Waals surface area contributed by atoms with Crippen LogP contribution in [0.3, 0.4) is 0 Å². The summed E-state index contributed by atoms with van der Waals surface area (Å²) in [4.78, 5) is 23.4. The Hall–Kier alpha value is -1.82. The van der Waals surface area contributed by atoms with E-state index in [4.69, 9.17) is 4.98 Å². The summed E-state index contributed by atoms with van der Waals surface area (Å²) in [5, 5.41) is 7.88. The molecule has 32 heavy (non-hydrogen) atoms. The number of nitrogens with zero attached hydrogens (tertiary/aromatic N) is 1. The van der Waals surface area contributed by atoms with Crippen LogP contribution in [0.1, 0.15) is 61.4 Å². The van der Waals surface area contributed by atoms with E-state index in [2.05, 4.69) is 53.3 Å². The van der Waals surface area contributed by atoms with Crippen molar-refractivity contribution in [2.45, 2.75) is 51.0 Å². The molecular weight excluding hydrogens is 439 g/mol. The highest BCUT2D eigenvalue weighted by molar-refractivity contribution is 7.51. The first-order valence-electron chi connectivity index (χ1n) is 11.3. The second-order valence-corrected chi connectivity index (χ2v) is 10.7. The molecule has 7 heteroatoms. The van der Waals surface area contributed by atoms with Gasteiger partial charge in [0.1, 0.15) is 5.54 Å². The molecule has 0 aliphatic carbocycles. The number of thiophene rings is 1. The van der Waals surface area contributed by atoms with Crippen LogP contribution in [0.5, 0.6) is 0 Å². The Balaban J connectivity index is 2.05. The highest BCUT2D eigenvalue weighted by Crippen LogP contribution is 2.40. The molecule has 0 saturated heterocycles. The molecule has 0 amide bonds. The number of benzene rings is 1. The van der Waals surface area contributed by atoms with Crippen molar-refractivity contribution < 1.29 is 14.4 Å². The number of aryl methyl sites for hydroxylation is 1. The van der Waals surface area contributed by atoms with Crippen LogP contribution in [0, 0.1) is 0 Å². The first-order valence-corrected chi connectivity index (χ1v) is 14.0. The maximum atomic E-state index is 11.4. The molecule has 0 radical (unpaired) electrons. The molecule has 3 aromatic rings. The lowest BCUT2D eigenvalue weighted by Gasteiger charge is -2.37. The molecule has 3 N–H and O–H groups in total. The molecule has 0 spiro atoms. The van der Waals surface area contributed by atoms with Crippen LogP contribution >= 0.6 is 18.9 Å². The van der Waals surface area contributed by atoms with Crippen molar-refractivity contribution >= 4 is 18.9 Å². The van der Waals surface area contributed by atoms with E-state index < -0.39 is 13.1 Å². The van der Waals surface area contributed by atoms with Gasteiger partial charge >= 0.3 is 7.60 Å². The van der Waals surface area contributed by atoms with Crippen molar-refractivity contribution in [3.8, 4) is 0 Å². The summed E-state index contributed by atoms with van der Waals surface area (Å²) in [6, 6.07) is 16.6. The zero-order valence-electron chi connectivity index (χ0n) is 18.6. The van der Waals surface area contributed by atoms with E-state index >= 15 is 0 Å². The lowest BCUT2D eigenvalue weighted by Crippen LogP contribution is -2.46. The minimum absolute atomic E-state index is 0.138. The van der Waals surface area contributed by atoms with Gasteiger partial charge in [0, 0.05) is 6.20 Å². The monoisotopic (exact) mass is 472 g/mol. The first kappa shape index (κ1) is 24.8. The topological polar surface area (TPSA) is 82.5 Å². The van der Waals surface area contributed by atoms with E-state index in [9.17, 15) is 14.4 Å². The van der Waals surface area contributed by atoms with Gasteiger partial charge in [-0.05, 0) is 71.5 Å². The van der Waals surface area contributed by atoms with Crippen LogP contribution in [0.4, 0.5) is 0 Å². The summed E-state index contributed by atoms with van der Waals surface area (Å²) in [5.41, 5.74) is 3.74. The molecule has 2 aromatic heterocycles. The highest BCUT2D eigenvalue weighted by atomic mass is 32.1. The van der Waals surface area contributed by atoms with E-state index in [-0.39, 0.29) is 6.16 Å². The summed E-state index contributed by atoms with van der Waals surface area (Å²) in [7, 11) is -4.04. The average Bonchev–Trinajstić information content (AvgIpc) is 3.33. The summed E-state index contributed by atoms with van der Waals surface area (Å²) in [6.07, 6.45) is 7.80. The Kier molecular flexibility index (Phi) is 9.21. The number of rotatable bonds is 13. The molecule has 0 fully saturated rings.